The number of rotatable bonds is 4. The van der Waals surface area contributed by atoms with Gasteiger partial charge in [0.25, 0.3) is 0 Å². The summed E-state index contributed by atoms with van der Waals surface area (Å²) in [5.74, 6) is 0. The Kier molecular flexibility index (Phi) is 4.94. The van der Waals surface area contributed by atoms with Gasteiger partial charge in [-0.25, -0.2) is 0 Å². The average Bonchev–Trinajstić information content (AvgIpc) is 2.19. The van der Waals surface area contributed by atoms with Crippen molar-refractivity contribution < 1.29 is 10.2 Å². The van der Waals surface area contributed by atoms with Crippen LogP contribution in [0.1, 0.15) is 0 Å². The van der Waals surface area contributed by atoms with E-state index in [1.165, 1.54) is 0 Å². The number of halogens is 2. The summed E-state index contributed by atoms with van der Waals surface area (Å²) in [5, 5.41) is 21.3. The lowest BCUT2D eigenvalue weighted by molar-refractivity contribution is 0.105. The third kappa shape index (κ3) is 3.61. The van der Waals surface area contributed by atoms with E-state index in [-0.39, 0.29) is 13.2 Å². The lowest BCUT2D eigenvalue weighted by atomic mass is 10.3. The number of nitrogens with one attached hydrogen (secondary N) is 1. The molecule has 3 N–H and O–H groups in total. The van der Waals surface area contributed by atoms with Crippen molar-refractivity contribution in [2.75, 3.05) is 18.5 Å². The lowest BCUT2D eigenvalue weighted by Gasteiger charge is -2.11. The summed E-state index contributed by atoms with van der Waals surface area (Å²) in [6.07, 6.45) is -0.760. The number of benzene rings is 1. The highest BCUT2D eigenvalue weighted by Gasteiger charge is 2.04. The van der Waals surface area contributed by atoms with Crippen LogP contribution >= 0.6 is 34.2 Å². The lowest BCUT2D eigenvalue weighted by Crippen LogP contribution is -2.23. The molecule has 0 aliphatic carbocycles. The van der Waals surface area contributed by atoms with Gasteiger partial charge in [0, 0.05) is 10.1 Å². The van der Waals surface area contributed by atoms with Crippen LogP contribution in [0.4, 0.5) is 5.69 Å². The molecular formula is C9H11ClINO2. The highest BCUT2D eigenvalue weighted by atomic mass is 127. The predicted octanol–water partition coefficient (Wildman–Crippen LogP) is 1.71. The van der Waals surface area contributed by atoms with Gasteiger partial charge in [-0.15, -0.1) is 0 Å². The maximum Gasteiger partial charge on any atom is 0.0942 e. The Morgan fingerprint density at radius 1 is 1.50 bits per heavy atom. The minimum Gasteiger partial charge on any atom is -0.394 e. The molecule has 0 heterocycles. The molecule has 1 aromatic carbocycles. The Balaban J connectivity index is 2.62. The molecular weight excluding hydrogens is 316 g/mol. The fourth-order valence-electron chi connectivity index (χ4n) is 0.925. The van der Waals surface area contributed by atoms with Crippen LogP contribution in [0.3, 0.4) is 0 Å². The van der Waals surface area contributed by atoms with Crippen LogP contribution in [0.25, 0.3) is 0 Å². The van der Waals surface area contributed by atoms with E-state index in [9.17, 15) is 0 Å². The van der Waals surface area contributed by atoms with Gasteiger partial charge >= 0.3 is 0 Å². The number of hydrogen-bond donors (Lipinski definition) is 3. The van der Waals surface area contributed by atoms with Crippen LogP contribution < -0.4 is 5.32 Å². The molecule has 1 atom stereocenters. The Bertz CT molecular complexity index is 309. The van der Waals surface area contributed by atoms with E-state index in [0.29, 0.717) is 5.02 Å². The minimum absolute atomic E-state index is 0.255. The van der Waals surface area contributed by atoms with E-state index in [2.05, 4.69) is 27.9 Å². The molecule has 0 bridgehead atoms. The van der Waals surface area contributed by atoms with Crippen molar-refractivity contribution in [1.82, 2.24) is 0 Å². The highest BCUT2D eigenvalue weighted by Crippen LogP contribution is 2.23. The first-order chi connectivity index (χ1) is 6.63. The normalized spacial score (nSPS) is 12.6. The first-order valence-corrected chi connectivity index (χ1v) is 5.57. The van der Waals surface area contributed by atoms with Crippen molar-refractivity contribution in [2.24, 2.45) is 0 Å². The van der Waals surface area contributed by atoms with Crippen LogP contribution in [0.5, 0.6) is 0 Å². The van der Waals surface area contributed by atoms with Gasteiger partial charge in [-0.05, 0) is 40.8 Å². The Morgan fingerprint density at radius 2 is 2.21 bits per heavy atom. The second-order valence-electron chi connectivity index (χ2n) is 2.84. The molecule has 1 rings (SSSR count). The van der Waals surface area contributed by atoms with Crippen LogP contribution in [0, 0.1) is 3.57 Å². The number of anilines is 1. The van der Waals surface area contributed by atoms with E-state index in [0.717, 1.165) is 9.26 Å². The van der Waals surface area contributed by atoms with Gasteiger partial charge in [-0.2, -0.15) is 0 Å². The standard InChI is InChI=1S/C9H11ClINO2/c10-8-2-1-6(11)3-9(8)12-4-7(14)5-13/h1-3,7,12-14H,4-5H2. The topological polar surface area (TPSA) is 52.5 Å². The summed E-state index contributed by atoms with van der Waals surface area (Å²) in [4.78, 5) is 0. The third-order valence-corrected chi connectivity index (χ3v) is 2.67. The van der Waals surface area contributed by atoms with E-state index in [1.807, 2.05) is 12.1 Å². The first-order valence-electron chi connectivity index (χ1n) is 4.11. The van der Waals surface area contributed by atoms with Gasteiger partial charge in [0.05, 0.1) is 23.4 Å². The Hall–Kier alpha value is -0.0400. The number of aliphatic hydroxyl groups excluding tert-OH is 2. The number of hydrogen-bond acceptors (Lipinski definition) is 3. The molecule has 0 aliphatic rings. The maximum absolute atomic E-state index is 9.12. The molecule has 3 nitrogen and oxygen atoms in total. The van der Waals surface area contributed by atoms with Crippen LogP contribution in [0.15, 0.2) is 18.2 Å². The van der Waals surface area contributed by atoms with Crippen molar-refractivity contribution in [1.29, 1.82) is 0 Å². The second kappa shape index (κ2) is 5.75. The molecule has 0 aromatic heterocycles. The second-order valence-corrected chi connectivity index (χ2v) is 4.49. The molecule has 78 valence electrons. The molecule has 0 radical (unpaired) electrons. The van der Waals surface area contributed by atoms with E-state index in [1.54, 1.807) is 6.07 Å². The van der Waals surface area contributed by atoms with Crippen molar-refractivity contribution >= 4 is 39.9 Å². The average molecular weight is 328 g/mol. The molecule has 0 saturated carbocycles. The molecule has 5 heteroatoms. The smallest absolute Gasteiger partial charge is 0.0942 e. The monoisotopic (exact) mass is 327 g/mol. The zero-order valence-corrected chi connectivity index (χ0v) is 10.3. The summed E-state index contributed by atoms with van der Waals surface area (Å²) < 4.78 is 1.06. The molecule has 1 unspecified atom stereocenters. The van der Waals surface area contributed by atoms with Gasteiger partial charge in [0.1, 0.15) is 0 Å². The number of aliphatic hydroxyl groups is 2. The molecule has 1 aromatic rings. The molecule has 14 heavy (non-hydrogen) atoms. The SMILES string of the molecule is OCC(O)CNc1cc(I)ccc1Cl. The van der Waals surface area contributed by atoms with E-state index < -0.39 is 6.10 Å². The largest absolute Gasteiger partial charge is 0.394 e. The van der Waals surface area contributed by atoms with Gasteiger partial charge in [-0.1, -0.05) is 11.6 Å². The highest BCUT2D eigenvalue weighted by molar-refractivity contribution is 14.1. The quantitative estimate of drug-likeness (QED) is 0.738. The zero-order chi connectivity index (χ0) is 10.6. The summed E-state index contributed by atoms with van der Waals surface area (Å²) in [6.45, 7) is 0.0326. The third-order valence-electron chi connectivity index (χ3n) is 1.67. The fourth-order valence-corrected chi connectivity index (χ4v) is 1.60. The van der Waals surface area contributed by atoms with Crippen molar-refractivity contribution in [3.63, 3.8) is 0 Å². The van der Waals surface area contributed by atoms with Gasteiger partial charge < -0.3 is 15.5 Å². The van der Waals surface area contributed by atoms with Crippen molar-refractivity contribution in [2.45, 2.75) is 6.10 Å². The van der Waals surface area contributed by atoms with Crippen LogP contribution in [0.2, 0.25) is 5.02 Å². The molecule has 0 amide bonds. The summed E-state index contributed by atoms with van der Waals surface area (Å²) in [5.41, 5.74) is 0.770. The molecule has 0 saturated heterocycles. The van der Waals surface area contributed by atoms with E-state index >= 15 is 0 Å². The van der Waals surface area contributed by atoms with Gasteiger partial charge in [0.15, 0.2) is 0 Å². The first kappa shape index (κ1) is 12.0. The summed E-state index contributed by atoms with van der Waals surface area (Å²) >= 11 is 8.09. The molecule has 0 fully saturated rings. The van der Waals surface area contributed by atoms with E-state index in [4.69, 9.17) is 21.8 Å². The Morgan fingerprint density at radius 3 is 2.86 bits per heavy atom. The van der Waals surface area contributed by atoms with Crippen molar-refractivity contribution in [3.8, 4) is 0 Å². The summed E-state index contributed by atoms with van der Waals surface area (Å²) in [6, 6.07) is 5.57. The van der Waals surface area contributed by atoms with Gasteiger partial charge in [-0.3, -0.25) is 0 Å². The zero-order valence-electron chi connectivity index (χ0n) is 7.37. The summed E-state index contributed by atoms with van der Waals surface area (Å²) in [7, 11) is 0. The van der Waals surface area contributed by atoms with Crippen molar-refractivity contribution in [3.05, 3.63) is 26.8 Å². The molecule has 0 spiro atoms. The van der Waals surface area contributed by atoms with Crippen LogP contribution in [-0.2, 0) is 0 Å². The predicted molar refractivity (Wildman–Crippen MR) is 65.8 cm³/mol. The maximum atomic E-state index is 9.12. The molecule has 0 aliphatic heterocycles. The van der Waals surface area contributed by atoms with Gasteiger partial charge in [0.2, 0.25) is 0 Å². The fraction of sp³-hybridized carbons (Fsp3) is 0.333. The minimum atomic E-state index is -0.760. The van der Waals surface area contributed by atoms with Crippen LogP contribution in [-0.4, -0.2) is 29.5 Å². The Labute approximate surface area is 101 Å².